The zero-order valence-corrected chi connectivity index (χ0v) is 15.8. The number of hydrogen-bond acceptors (Lipinski definition) is 3. The molecule has 28 heavy (non-hydrogen) atoms. The Morgan fingerprint density at radius 3 is 2.54 bits per heavy atom. The fourth-order valence-electron chi connectivity index (χ4n) is 3.16. The minimum absolute atomic E-state index is 0.247. The molecule has 0 aliphatic carbocycles. The summed E-state index contributed by atoms with van der Waals surface area (Å²) in [5.74, 6) is 0. The molecule has 0 saturated carbocycles. The number of carbonyl (C=O) groups is 1. The number of nitrogens with one attached hydrogen (secondary N) is 2. The summed E-state index contributed by atoms with van der Waals surface area (Å²) in [5, 5.41) is 11.5. The molecule has 0 aliphatic heterocycles. The van der Waals surface area contributed by atoms with E-state index in [2.05, 4.69) is 45.8 Å². The van der Waals surface area contributed by atoms with Gasteiger partial charge in [-0.15, -0.1) is 0 Å². The molecule has 2 N–H and O–H groups in total. The van der Waals surface area contributed by atoms with E-state index in [-0.39, 0.29) is 6.03 Å². The maximum absolute atomic E-state index is 12.1. The predicted octanol–water partition coefficient (Wildman–Crippen LogP) is 4.27. The number of fused-ring (bicyclic) bond motifs is 1. The number of benzene rings is 2. The summed E-state index contributed by atoms with van der Waals surface area (Å²) in [6, 6.07) is 17.5. The lowest BCUT2D eigenvalue weighted by Gasteiger charge is -2.08. The third-order valence-corrected chi connectivity index (χ3v) is 4.62. The highest BCUT2D eigenvalue weighted by atomic mass is 16.2. The first-order valence-electron chi connectivity index (χ1n) is 9.08. The standard InChI is InChI=1S/C22H21N5O/c1-15-3-8-20-19(13-15)21(26-27(20)2)17-4-6-18(7-5-17)25-22(28)24-14-16-9-11-23-12-10-16/h3-13H,14H2,1-2H3,(H2,24,25,28). The van der Waals surface area contributed by atoms with Crippen molar-refractivity contribution in [1.82, 2.24) is 20.1 Å². The zero-order valence-electron chi connectivity index (χ0n) is 15.8. The molecule has 0 atom stereocenters. The van der Waals surface area contributed by atoms with Crippen LogP contribution in [0, 0.1) is 6.92 Å². The second-order valence-electron chi connectivity index (χ2n) is 6.73. The van der Waals surface area contributed by atoms with Gasteiger partial charge in [0.1, 0.15) is 5.69 Å². The largest absolute Gasteiger partial charge is 0.334 e. The molecule has 0 aliphatic rings. The van der Waals surface area contributed by atoms with Crippen molar-refractivity contribution in [3.8, 4) is 11.3 Å². The van der Waals surface area contributed by atoms with Gasteiger partial charge in [0.25, 0.3) is 0 Å². The third kappa shape index (κ3) is 3.71. The van der Waals surface area contributed by atoms with Crippen LogP contribution in [0.2, 0.25) is 0 Å². The van der Waals surface area contributed by atoms with Crippen LogP contribution in [0.25, 0.3) is 22.2 Å². The molecule has 4 rings (SSSR count). The predicted molar refractivity (Wildman–Crippen MR) is 111 cm³/mol. The van der Waals surface area contributed by atoms with Crippen molar-refractivity contribution < 1.29 is 4.79 Å². The molecule has 2 aromatic carbocycles. The first-order chi connectivity index (χ1) is 13.6. The van der Waals surface area contributed by atoms with Gasteiger partial charge >= 0.3 is 6.03 Å². The quantitative estimate of drug-likeness (QED) is 0.563. The molecule has 0 radical (unpaired) electrons. The fraction of sp³-hybridized carbons (Fsp3) is 0.136. The maximum Gasteiger partial charge on any atom is 0.319 e. The van der Waals surface area contributed by atoms with E-state index < -0.39 is 0 Å². The topological polar surface area (TPSA) is 71.8 Å². The van der Waals surface area contributed by atoms with Gasteiger partial charge in [-0.1, -0.05) is 23.8 Å². The van der Waals surface area contributed by atoms with Crippen LogP contribution in [0.5, 0.6) is 0 Å². The Kier molecular flexibility index (Phi) is 4.76. The SMILES string of the molecule is Cc1ccc2c(c1)c(-c1ccc(NC(=O)NCc3ccncc3)cc1)nn2C. The van der Waals surface area contributed by atoms with E-state index in [1.54, 1.807) is 12.4 Å². The lowest BCUT2D eigenvalue weighted by atomic mass is 10.1. The summed E-state index contributed by atoms with van der Waals surface area (Å²) in [6.07, 6.45) is 3.41. The molecule has 4 aromatic rings. The van der Waals surface area contributed by atoms with Gasteiger partial charge in [0.05, 0.1) is 5.52 Å². The number of amides is 2. The van der Waals surface area contributed by atoms with Gasteiger partial charge in [0, 0.05) is 42.6 Å². The number of rotatable bonds is 4. The Bertz CT molecular complexity index is 1120. The number of anilines is 1. The highest BCUT2D eigenvalue weighted by Crippen LogP contribution is 2.29. The molecule has 0 bridgehead atoms. The lowest BCUT2D eigenvalue weighted by molar-refractivity contribution is 0.251. The van der Waals surface area contributed by atoms with E-state index in [4.69, 9.17) is 0 Å². The van der Waals surface area contributed by atoms with Gasteiger partial charge in [0.2, 0.25) is 0 Å². The second-order valence-corrected chi connectivity index (χ2v) is 6.73. The molecule has 6 nitrogen and oxygen atoms in total. The Labute approximate surface area is 163 Å². The minimum atomic E-state index is -0.247. The summed E-state index contributed by atoms with van der Waals surface area (Å²) in [6.45, 7) is 2.53. The highest BCUT2D eigenvalue weighted by molar-refractivity contribution is 5.94. The van der Waals surface area contributed by atoms with Gasteiger partial charge in [-0.25, -0.2) is 4.79 Å². The van der Waals surface area contributed by atoms with E-state index in [1.165, 1.54) is 5.56 Å². The van der Waals surface area contributed by atoms with Gasteiger partial charge in [-0.3, -0.25) is 9.67 Å². The normalized spacial score (nSPS) is 10.8. The third-order valence-electron chi connectivity index (χ3n) is 4.62. The Hall–Kier alpha value is -3.67. The van der Waals surface area contributed by atoms with Crippen LogP contribution in [0.1, 0.15) is 11.1 Å². The van der Waals surface area contributed by atoms with Crippen molar-refractivity contribution in [3.05, 3.63) is 78.1 Å². The van der Waals surface area contributed by atoms with Crippen LogP contribution >= 0.6 is 0 Å². The van der Waals surface area contributed by atoms with Crippen LogP contribution in [-0.2, 0) is 13.6 Å². The summed E-state index contributed by atoms with van der Waals surface area (Å²) in [7, 11) is 1.95. The van der Waals surface area contributed by atoms with Crippen LogP contribution in [0.15, 0.2) is 67.0 Å². The van der Waals surface area contributed by atoms with E-state index in [9.17, 15) is 4.79 Å². The Morgan fingerprint density at radius 2 is 1.79 bits per heavy atom. The van der Waals surface area contributed by atoms with Crippen LogP contribution in [-0.4, -0.2) is 20.8 Å². The number of aromatic nitrogens is 3. The highest BCUT2D eigenvalue weighted by Gasteiger charge is 2.11. The van der Waals surface area contributed by atoms with E-state index >= 15 is 0 Å². The number of hydrogen-bond donors (Lipinski definition) is 2. The second kappa shape index (κ2) is 7.52. The van der Waals surface area contributed by atoms with Crippen molar-refractivity contribution in [3.63, 3.8) is 0 Å². The number of nitrogens with zero attached hydrogens (tertiary/aromatic N) is 3. The smallest absolute Gasteiger partial charge is 0.319 e. The summed E-state index contributed by atoms with van der Waals surface area (Å²) >= 11 is 0. The van der Waals surface area contributed by atoms with Crippen LogP contribution in [0.4, 0.5) is 10.5 Å². The number of carbonyl (C=O) groups excluding carboxylic acids is 1. The van der Waals surface area contributed by atoms with Gasteiger partial charge in [-0.2, -0.15) is 5.10 Å². The van der Waals surface area contributed by atoms with Crippen LogP contribution in [0.3, 0.4) is 0 Å². The Morgan fingerprint density at radius 1 is 1.04 bits per heavy atom. The zero-order chi connectivity index (χ0) is 19.5. The maximum atomic E-state index is 12.1. The first-order valence-corrected chi connectivity index (χ1v) is 9.08. The minimum Gasteiger partial charge on any atom is -0.334 e. The fourth-order valence-corrected chi connectivity index (χ4v) is 3.16. The molecule has 0 spiro atoms. The van der Waals surface area contributed by atoms with E-state index in [0.717, 1.165) is 33.4 Å². The molecule has 0 unspecified atom stereocenters. The summed E-state index contributed by atoms with van der Waals surface area (Å²) < 4.78 is 1.89. The van der Waals surface area contributed by atoms with Crippen molar-refractivity contribution >= 4 is 22.6 Å². The molecular formula is C22H21N5O. The molecule has 2 amide bonds. The number of aryl methyl sites for hydroxylation is 2. The molecule has 0 saturated heterocycles. The van der Waals surface area contributed by atoms with Crippen molar-refractivity contribution in [2.75, 3.05) is 5.32 Å². The molecular weight excluding hydrogens is 350 g/mol. The first kappa shape index (κ1) is 17.7. The van der Waals surface area contributed by atoms with Gasteiger partial charge in [0.15, 0.2) is 0 Å². The van der Waals surface area contributed by atoms with Gasteiger partial charge in [-0.05, 0) is 48.9 Å². The lowest BCUT2D eigenvalue weighted by Crippen LogP contribution is -2.28. The number of urea groups is 1. The van der Waals surface area contributed by atoms with Gasteiger partial charge < -0.3 is 10.6 Å². The molecule has 140 valence electrons. The number of pyridine rings is 1. The summed E-state index contributed by atoms with van der Waals surface area (Å²) in [5.41, 5.74) is 5.98. The average molecular weight is 371 g/mol. The van der Waals surface area contributed by atoms with E-state index in [0.29, 0.717) is 6.54 Å². The van der Waals surface area contributed by atoms with E-state index in [1.807, 2.05) is 48.1 Å². The molecule has 6 heteroatoms. The van der Waals surface area contributed by atoms with Crippen molar-refractivity contribution in [2.45, 2.75) is 13.5 Å². The molecule has 2 heterocycles. The molecule has 0 fully saturated rings. The Balaban J connectivity index is 1.47. The van der Waals surface area contributed by atoms with Crippen LogP contribution < -0.4 is 10.6 Å². The van der Waals surface area contributed by atoms with Crippen molar-refractivity contribution in [1.29, 1.82) is 0 Å². The monoisotopic (exact) mass is 371 g/mol. The average Bonchev–Trinajstić information content (AvgIpc) is 3.03. The van der Waals surface area contributed by atoms with Crippen molar-refractivity contribution in [2.24, 2.45) is 7.05 Å². The summed E-state index contributed by atoms with van der Waals surface area (Å²) in [4.78, 5) is 16.1. The molecule has 2 aromatic heterocycles.